The molecule has 3 heterocycles. The molecule has 0 radical (unpaired) electrons. The number of allylic oxidation sites excluding steroid dienone is 3. The van der Waals surface area contributed by atoms with E-state index >= 15 is 0 Å². The summed E-state index contributed by atoms with van der Waals surface area (Å²) in [5.41, 5.74) is 5.64. The Kier molecular flexibility index (Phi) is 3.19. The number of H-pyrrole nitrogens is 1. The molecule has 5 heteroatoms. The number of fused-ring (bicyclic) bond motifs is 7. The van der Waals surface area contributed by atoms with Crippen LogP contribution in [0.4, 0.5) is 0 Å². The molecular weight excluding hydrogens is 328 g/mol. The van der Waals surface area contributed by atoms with Gasteiger partial charge in [0, 0.05) is 29.1 Å². The summed E-state index contributed by atoms with van der Waals surface area (Å²) in [5.74, 6) is 1.59. The Morgan fingerprint density at radius 2 is 2.08 bits per heavy atom. The van der Waals surface area contributed by atoms with Crippen molar-refractivity contribution in [2.75, 3.05) is 20.8 Å². The van der Waals surface area contributed by atoms with Gasteiger partial charge in [-0.25, -0.2) is 0 Å². The fourth-order valence-electron chi connectivity index (χ4n) is 4.23. The van der Waals surface area contributed by atoms with Crippen LogP contribution in [0.3, 0.4) is 0 Å². The molecule has 2 aliphatic heterocycles. The van der Waals surface area contributed by atoms with Crippen LogP contribution in [0.15, 0.2) is 59.6 Å². The zero-order valence-corrected chi connectivity index (χ0v) is 14.7. The van der Waals surface area contributed by atoms with Crippen LogP contribution in [0.25, 0.3) is 16.6 Å². The van der Waals surface area contributed by atoms with Crippen molar-refractivity contribution in [2.24, 2.45) is 0 Å². The van der Waals surface area contributed by atoms with E-state index in [0.717, 1.165) is 41.2 Å². The van der Waals surface area contributed by atoms with Gasteiger partial charge < -0.3 is 24.5 Å². The van der Waals surface area contributed by atoms with E-state index in [2.05, 4.69) is 28.1 Å². The van der Waals surface area contributed by atoms with E-state index in [9.17, 15) is 5.11 Å². The minimum absolute atomic E-state index is 0.0306. The smallest absolute Gasteiger partial charge is 0.163 e. The zero-order chi connectivity index (χ0) is 17.8. The van der Waals surface area contributed by atoms with Crippen molar-refractivity contribution in [3.63, 3.8) is 0 Å². The average Bonchev–Trinajstić information content (AvgIpc) is 3.06. The summed E-state index contributed by atoms with van der Waals surface area (Å²) in [6, 6.07) is 6.21. The number of aromatic amines is 1. The first-order chi connectivity index (χ1) is 12.7. The van der Waals surface area contributed by atoms with E-state index in [1.165, 1.54) is 10.9 Å². The van der Waals surface area contributed by atoms with Crippen molar-refractivity contribution >= 4 is 16.6 Å². The van der Waals surface area contributed by atoms with Crippen molar-refractivity contribution in [3.05, 3.63) is 70.9 Å². The molecule has 5 nitrogen and oxygen atoms in total. The van der Waals surface area contributed by atoms with E-state index in [4.69, 9.17) is 9.47 Å². The molecule has 2 N–H and O–H groups in total. The molecular formula is C21H20N2O3. The maximum absolute atomic E-state index is 10.5. The second kappa shape index (κ2) is 5.46. The van der Waals surface area contributed by atoms with Crippen LogP contribution in [0.1, 0.15) is 11.3 Å². The third-order valence-electron chi connectivity index (χ3n) is 5.51. The van der Waals surface area contributed by atoms with Gasteiger partial charge in [0.1, 0.15) is 5.75 Å². The molecule has 0 saturated heterocycles. The topological polar surface area (TPSA) is 57.7 Å². The van der Waals surface area contributed by atoms with Crippen molar-refractivity contribution in [2.45, 2.75) is 12.5 Å². The van der Waals surface area contributed by atoms with Crippen LogP contribution in [-0.2, 0) is 11.2 Å². The van der Waals surface area contributed by atoms with Crippen LogP contribution in [0.5, 0.6) is 5.75 Å². The number of hydrogen-bond acceptors (Lipinski definition) is 4. The van der Waals surface area contributed by atoms with Gasteiger partial charge in [-0.3, -0.25) is 0 Å². The molecule has 26 heavy (non-hydrogen) atoms. The number of hydrogen-bond donors (Lipinski definition) is 2. The average molecular weight is 348 g/mol. The molecule has 1 unspecified atom stereocenters. The lowest BCUT2D eigenvalue weighted by atomic mass is 9.89. The largest absolute Gasteiger partial charge is 0.504 e. The van der Waals surface area contributed by atoms with Crippen LogP contribution in [0.2, 0.25) is 0 Å². The Morgan fingerprint density at radius 3 is 2.88 bits per heavy atom. The standard InChI is InChI=1S/C21H20N2O3/c1-25-12-3-4-13-14-9-10-23-17-7-8-19(26-2)21(24)15(17)5-6-18(23)20(14)22-16(13)11-12/h3-8,11,17,22,24H,9-10H2,1-2H3. The Bertz CT molecular complexity index is 1040. The van der Waals surface area contributed by atoms with E-state index in [1.54, 1.807) is 14.2 Å². The first kappa shape index (κ1) is 15.2. The SMILES string of the molecule is COC1=C(O)C2=CC=C3c4[nH]c5cc(OC)ccc5c4CCN3C2C=C1. The number of aromatic nitrogens is 1. The van der Waals surface area contributed by atoms with Gasteiger partial charge in [-0.1, -0.05) is 12.2 Å². The lowest BCUT2D eigenvalue weighted by Crippen LogP contribution is -2.41. The van der Waals surface area contributed by atoms with Crippen molar-refractivity contribution in [3.8, 4) is 5.75 Å². The van der Waals surface area contributed by atoms with Crippen LogP contribution in [-0.4, -0.2) is 41.8 Å². The Hall–Kier alpha value is -3.08. The lowest BCUT2D eigenvalue weighted by molar-refractivity contribution is 0.257. The van der Waals surface area contributed by atoms with Gasteiger partial charge in [-0.15, -0.1) is 0 Å². The van der Waals surface area contributed by atoms with Crippen molar-refractivity contribution in [1.29, 1.82) is 0 Å². The highest BCUT2D eigenvalue weighted by atomic mass is 16.5. The van der Waals surface area contributed by atoms with Gasteiger partial charge in [0.05, 0.1) is 31.7 Å². The predicted molar refractivity (Wildman–Crippen MR) is 101 cm³/mol. The van der Waals surface area contributed by atoms with E-state index < -0.39 is 0 Å². The Balaban J connectivity index is 1.65. The van der Waals surface area contributed by atoms with Crippen LogP contribution >= 0.6 is 0 Å². The number of ether oxygens (including phenoxy) is 2. The van der Waals surface area contributed by atoms with Crippen LogP contribution < -0.4 is 4.74 Å². The van der Waals surface area contributed by atoms with E-state index in [0.29, 0.717) is 5.76 Å². The van der Waals surface area contributed by atoms with Gasteiger partial charge in [0.2, 0.25) is 0 Å². The number of methoxy groups -OCH3 is 2. The maximum atomic E-state index is 10.5. The number of aliphatic hydroxyl groups is 1. The first-order valence-electron chi connectivity index (χ1n) is 8.74. The molecule has 3 aliphatic rings. The molecule has 0 saturated carbocycles. The number of rotatable bonds is 2. The molecule has 1 aliphatic carbocycles. The molecule has 0 bridgehead atoms. The molecule has 0 fully saturated rings. The van der Waals surface area contributed by atoms with Crippen molar-refractivity contribution < 1.29 is 14.6 Å². The number of nitrogens with zero attached hydrogens (tertiary/aromatic N) is 1. The highest BCUT2D eigenvalue weighted by molar-refractivity contribution is 5.91. The minimum Gasteiger partial charge on any atom is -0.504 e. The lowest BCUT2D eigenvalue weighted by Gasteiger charge is -2.41. The highest BCUT2D eigenvalue weighted by Crippen LogP contribution is 2.41. The number of aliphatic hydroxyl groups excluding tert-OH is 1. The summed E-state index contributed by atoms with van der Waals surface area (Å²) in [5, 5.41) is 11.7. The first-order valence-corrected chi connectivity index (χ1v) is 8.74. The Labute approximate surface area is 151 Å². The normalized spacial score (nSPS) is 21.0. The molecule has 5 rings (SSSR count). The van der Waals surface area contributed by atoms with Gasteiger partial charge in [-0.2, -0.15) is 0 Å². The van der Waals surface area contributed by atoms with E-state index in [1.807, 2.05) is 24.3 Å². The number of benzene rings is 1. The maximum Gasteiger partial charge on any atom is 0.163 e. The fourth-order valence-corrected chi connectivity index (χ4v) is 4.23. The zero-order valence-electron chi connectivity index (χ0n) is 14.7. The third kappa shape index (κ3) is 1.97. The van der Waals surface area contributed by atoms with Gasteiger partial charge in [0.15, 0.2) is 11.5 Å². The molecule has 1 aromatic carbocycles. The summed E-state index contributed by atoms with van der Waals surface area (Å²) in [6.45, 7) is 0.903. The summed E-state index contributed by atoms with van der Waals surface area (Å²) < 4.78 is 10.6. The minimum atomic E-state index is 0.0306. The second-order valence-electron chi connectivity index (χ2n) is 6.73. The highest BCUT2D eigenvalue weighted by Gasteiger charge is 2.35. The second-order valence-corrected chi connectivity index (χ2v) is 6.73. The summed E-state index contributed by atoms with van der Waals surface area (Å²) in [6.07, 6.45) is 8.98. The van der Waals surface area contributed by atoms with Crippen molar-refractivity contribution in [1.82, 2.24) is 9.88 Å². The predicted octanol–water partition coefficient (Wildman–Crippen LogP) is 3.67. The summed E-state index contributed by atoms with van der Waals surface area (Å²) >= 11 is 0. The molecule has 1 aromatic heterocycles. The van der Waals surface area contributed by atoms with Gasteiger partial charge in [0.25, 0.3) is 0 Å². The Morgan fingerprint density at radius 1 is 1.19 bits per heavy atom. The quantitative estimate of drug-likeness (QED) is 0.869. The van der Waals surface area contributed by atoms with Crippen LogP contribution in [0, 0.1) is 0 Å². The monoisotopic (exact) mass is 348 g/mol. The number of nitrogens with one attached hydrogen (secondary N) is 1. The molecule has 2 aromatic rings. The van der Waals surface area contributed by atoms with Gasteiger partial charge >= 0.3 is 0 Å². The molecule has 1 atom stereocenters. The molecule has 132 valence electrons. The van der Waals surface area contributed by atoms with Gasteiger partial charge in [-0.05, 0) is 36.3 Å². The summed E-state index contributed by atoms with van der Waals surface area (Å²) in [4.78, 5) is 5.91. The third-order valence-corrected chi connectivity index (χ3v) is 5.51. The molecule has 0 amide bonds. The molecule has 0 spiro atoms. The fraction of sp³-hybridized carbons (Fsp3) is 0.238. The summed E-state index contributed by atoms with van der Waals surface area (Å²) in [7, 11) is 3.26. The van der Waals surface area contributed by atoms with E-state index in [-0.39, 0.29) is 11.8 Å².